The van der Waals surface area contributed by atoms with Crippen LogP contribution in [-0.4, -0.2) is 59.9 Å². The van der Waals surface area contributed by atoms with Crippen LogP contribution >= 0.6 is 11.8 Å². The summed E-state index contributed by atoms with van der Waals surface area (Å²) < 4.78 is 5.15. The van der Waals surface area contributed by atoms with Gasteiger partial charge in [0.25, 0.3) is 0 Å². The molecule has 0 aromatic carbocycles. The summed E-state index contributed by atoms with van der Waals surface area (Å²) in [5.41, 5.74) is -0.629. The Morgan fingerprint density at radius 1 is 1.03 bits per heavy atom. The Balaban J connectivity index is 4.17. The Hall–Kier alpha value is -1.77. The van der Waals surface area contributed by atoms with Gasteiger partial charge >= 0.3 is 5.97 Å². The second kappa shape index (κ2) is 15.1. The van der Waals surface area contributed by atoms with E-state index in [-0.39, 0.29) is 18.4 Å². The monoisotopic (exact) mass is 445 g/mol. The Labute approximate surface area is 185 Å². The van der Waals surface area contributed by atoms with E-state index in [4.69, 9.17) is 4.74 Å². The van der Waals surface area contributed by atoms with Gasteiger partial charge in [0.2, 0.25) is 17.7 Å². The summed E-state index contributed by atoms with van der Waals surface area (Å²) in [6, 6.07) is -0.729. The van der Waals surface area contributed by atoms with Crippen molar-refractivity contribution in [3.63, 3.8) is 0 Å². The van der Waals surface area contributed by atoms with Crippen LogP contribution in [-0.2, 0) is 23.9 Å². The molecule has 174 valence electrons. The van der Waals surface area contributed by atoms with Crippen LogP contribution in [0.25, 0.3) is 0 Å². The molecule has 0 aromatic rings. The number of carbonyl (C=O) groups excluding carboxylic acids is 4. The minimum Gasteiger partial charge on any atom is -0.459 e. The summed E-state index contributed by atoms with van der Waals surface area (Å²) in [4.78, 5) is 47.2. The van der Waals surface area contributed by atoms with E-state index in [2.05, 4.69) is 29.8 Å². The molecule has 0 saturated heterocycles. The Morgan fingerprint density at radius 2 is 1.70 bits per heavy atom. The standard InChI is InChI=1S/C21H39N3O5S/c1-15(2)14-30-12-10-18(26)22-11-8-7-9-17(24-16(3)25)20(28)23-13-19(27)29-21(4,5)6/h15,17H,7-14H2,1-6H3,(H,22,26)(H,23,28)(H,24,25). The summed E-state index contributed by atoms with van der Waals surface area (Å²) in [6.45, 7) is 11.2. The van der Waals surface area contributed by atoms with Gasteiger partial charge in [-0.3, -0.25) is 19.2 Å². The van der Waals surface area contributed by atoms with Crippen LogP contribution in [0.1, 0.15) is 67.2 Å². The fourth-order valence-corrected chi connectivity index (χ4v) is 3.42. The minimum atomic E-state index is -0.729. The first-order valence-corrected chi connectivity index (χ1v) is 11.7. The zero-order chi connectivity index (χ0) is 23.2. The summed E-state index contributed by atoms with van der Waals surface area (Å²) in [5, 5.41) is 7.98. The molecule has 0 heterocycles. The lowest BCUT2D eigenvalue weighted by Crippen LogP contribution is -2.47. The molecule has 0 aliphatic heterocycles. The van der Waals surface area contributed by atoms with Crippen LogP contribution < -0.4 is 16.0 Å². The molecule has 0 bridgehead atoms. The molecular weight excluding hydrogens is 406 g/mol. The second-order valence-corrected chi connectivity index (χ2v) is 9.77. The van der Waals surface area contributed by atoms with E-state index in [0.717, 1.165) is 11.5 Å². The first-order valence-electron chi connectivity index (χ1n) is 10.5. The van der Waals surface area contributed by atoms with Crippen molar-refractivity contribution in [2.45, 2.75) is 78.9 Å². The maximum atomic E-state index is 12.3. The molecule has 30 heavy (non-hydrogen) atoms. The summed E-state index contributed by atoms with van der Waals surface area (Å²) >= 11 is 1.78. The Morgan fingerprint density at radius 3 is 2.27 bits per heavy atom. The molecule has 3 amide bonds. The van der Waals surface area contributed by atoms with Crippen molar-refractivity contribution in [3.8, 4) is 0 Å². The van der Waals surface area contributed by atoms with Gasteiger partial charge in [0.05, 0.1) is 0 Å². The van der Waals surface area contributed by atoms with Crippen LogP contribution in [0.3, 0.4) is 0 Å². The van der Waals surface area contributed by atoms with Crippen molar-refractivity contribution in [1.82, 2.24) is 16.0 Å². The number of thioether (sulfide) groups is 1. The highest BCUT2D eigenvalue weighted by Gasteiger charge is 2.21. The van der Waals surface area contributed by atoms with Gasteiger partial charge in [-0.1, -0.05) is 13.8 Å². The molecule has 0 fully saturated rings. The molecule has 8 nitrogen and oxygen atoms in total. The smallest absolute Gasteiger partial charge is 0.325 e. The van der Waals surface area contributed by atoms with E-state index < -0.39 is 23.5 Å². The third-order valence-electron chi connectivity index (χ3n) is 3.69. The molecule has 1 unspecified atom stereocenters. The predicted octanol–water partition coefficient (Wildman–Crippen LogP) is 2.01. The molecule has 0 aliphatic carbocycles. The number of amides is 3. The molecular formula is C21H39N3O5S. The Bertz CT molecular complexity index is 561. The lowest BCUT2D eigenvalue weighted by atomic mass is 10.1. The van der Waals surface area contributed by atoms with E-state index >= 15 is 0 Å². The average molecular weight is 446 g/mol. The fraction of sp³-hybridized carbons (Fsp3) is 0.810. The number of ether oxygens (including phenoxy) is 1. The van der Waals surface area contributed by atoms with Gasteiger partial charge in [0.1, 0.15) is 18.2 Å². The van der Waals surface area contributed by atoms with Gasteiger partial charge in [0.15, 0.2) is 0 Å². The zero-order valence-electron chi connectivity index (χ0n) is 19.3. The van der Waals surface area contributed by atoms with Crippen LogP contribution in [0.2, 0.25) is 0 Å². The van der Waals surface area contributed by atoms with Gasteiger partial charge in [-0.05, 0) is 51.7 Å². The van der Waals surface area contributed by atoms with Crippen molar-refractivity contribution >= 4 is 35.5 Å². The zero-order valence-corrected chi connectivity index (χ0v) is 20.1. The van der Waals surface area contributed by atoms with E-state index in [1.54, 1.807) is 32.5 Å². The second-order valence-electron chi connectivity index (χ2n) is 8.62. The lowest BCUT2D eigenvalue weighted by Gasteiger charge is -2.21. The SMILES string of the molecule is CC(=O)NC(CCCCNC(=O)CCSCC(C)C)C(=O)NCC(=O)OC(C)(C)C. The predicted molar refractivity (Wildman–Crippen MR) is 120 cm³/mol. The lowest BCUT2D eigenvalue weighted by molar-refractivity contribution is -0.154. The van der Waals surface area contributed by atoms with Crippen LogP contribution in [0, 0.1) is 5.92 Å². The van der Waals surface area contributed by atoms with E-state index in [9.17, 15) is 19.2 Å². The van der Waals surface area contributed by atoms with E-state index in [1.165, 1.54) is 6.92 Å². The van der Waals surface area contributed by atoms with Crippen molar-refractivity contribution in [3.05, 3.63) is 0 Å². The highest BCUT2D eigenvalue weighted by atomic mass is 32.2. The average Bonchev–Trinajstić information content (AvgIpc) is 2.60. The van der Waals surface area contributed by atoms with Crippen molar-refractivity contribution in [1.29, 1.82) is 0 Å². The van der Waals surface area contributed by atoms with Crippen LogP contribution in [0.15, 0.2) is 0 Å². The van der Waals surface area contributed by atoms with Crippen LogP contribution in [0.4, 0.5) is 0 Å². The molecule has 0 aliphatic rings. The van der Waals surface area contributed by atoms with Crippen molar-refractivity contribution < 1.29 is 23.9 Å². The molecule has 0 aromatic heterocycles. The Kier molecular flexibility index (Phi) is 14.2. The first kappa shape index (κ1) is 28.2. The van der Waals surface area contributed by atoms with E-state index in [1.807, 2.05) is 0 Å². The molecule has 1 atom stereocenters. The topological polar surface area (TPSA) is 114 Å². The van der Waals surface area contributed by atoms with E-state index in [0.29, 0.717) is 38.1 Å². The number of hydrogen-bond donors (Lipinski definition) is 3. The quantitative estimate of drug-likeness (QED) is 0.278. The highest BCUT2D eigenvalue weighted by Crippen LogP contribution is 2.09. The maximum absolute atomic E-state index is 12.3. The largest absolute Gasteiger partial charge is 0.459 e. The van der Waals surface area contributed by atoms with Crippen molar-refractivity contribution in [2.75, 3.05) is 24.6 Å². The van der Waals surface area contributed by atoms with Gasteiger partial charge in [-0.15, -0.1) is 0 Å². The summed E-state index contributed by atoms with van der Waals surface area (Å²) in [7, 11) is 0. The first-order chi connectivity index (χ1) is 13.9. The number of nitrogens with one attached hydrogen (secondary N) is 3. The van der Waals surface area contributed by atoms with Crippen LogP contribution in [0.5, 0.6) is 0 Å². The fourth-order valence-electron chi connectivity index (χ4n) is 2.45. The number of carbonyl (C=O) groups is 4. The van der Waals surface area contributed by atoms with Gasteiger partial charge in [0, 0.05) is 25.6 Å². The van der Waals surface area contributed by atoms with Gasteiger partial charge in [-0.25, -0.2) is 0 Å². The molecule has 0 rings (SSSR count). The minimum absolute atomic E-state index is 0.0276. The third-order valence-corrected chi connectivity index (χ3v) is 5.08. The third kappa shape index (κ3) is 17.1. The number of unbranched alkanes of at least 4 members (excludes halogenated alkanes) is 1. The van der Waals surface area contributed by atoms with Gasteiger partial charge < -0.3 is 20.7 Å². The number of rotatable bonds is 14. The molecule has 0 radical (unpaired) electrons. The molecule has 3 N–H and O–H groups in total. The molecule has 9 heteroatoms. The van der Waals surface area contributed by atoms with Gasteiger partial charge in [-0.2, -0.15) is 11.8 Å². The van der Waals surface area contributed by atoms with Crippen molar-refractivity contribution in [2.24, 2.45) is 5.92 Å². The number of hydrogen-bond acceptors (Lipinski definition) is 6. The highest BCUT2D eigenvalue weighted by molar-refractivity contribution is 7.99. The molecule has 0 spiro atoms. The summed E-state index contributed by atoms with van der Waals surface area (Å²) in [6.07, 6.45) is 2.26. The normalized spacial score (nSPS) is 12.2. The molecule has 0 saturated carbocycles. The number of esters is 1. The summed E-state index contributed by atoms with van der Waals surface area (Å²) in [5.74, 6) is 1.23. The maximum Gasteiger partial charge on any atom is 0.325 e.